The Hall–Kier alpha value is -0.780. The van der Waals surface area contributed by atoms with Crippen LogP contribution in [0.4, 0.5) is 5.69 Å². The van der Waals surface area contributed by atoms with Crippen molar-refractivity contribution in [3.05, 3.63) is 29.3 Å². The summed E-state index contributed by atoms with van der Waals surface area (Å²) in [6.07, 6.45) is 0.533. The van der Waals surface area contributed by atoms with Gasteiger partial charge in [-0.25, -0.2) is 8.42 Å². The van der Waals surface area contributed by atoms with Crippen molar-refractivity contribution in [1.29, 1.82) is 0 Å². The molecule has 0 heterocycles. The van der Waals surface area contributed by atoms with Crippen molar-refractivity contribution in [1.82, 2.24) is 0 Å². The molecule has 0 aliphatic rings. The zero-order chi connectivity index (χ0) is 13.4. The van der Waals surface area contributed by atoms with E-state index in [0.717, 1.165) is 5.69 Å². The van der Waals surface area contributed by atoms with E-state index in [2.05, 4.69) is 5.32 Å². The molecule has 0 atom stereocenters. The van der Waals surface area contributed by atoms with Crippen LogP contribution >= 0.6 is 11.6 Å². The smallest absolute Gasteiger partial charge is 0.152 e. The first-order valence-corrected chi connectivity index (χ1v) is 7.93. The summed E-state index contributed by atoms with van der Waals surface area (Å²) < 4.78 is 28.1. The van der Waals surface area contributed by atoms with Gasteiger partial charge in [0.05, 0.1) is 22.2 Å². The minimum absolute atomic E-state index is 0.0991. The van der Waals surface area contributed by atoms with E-state index in [1.54, 1.807) is 13.2 Å². The SMILES string of the molecule is COCCCS(=O)(=O)CCNc1ccccc1Cl. The summed E-state index contributed by atoms with van der Waals surface area (Å²) in [6, 6.07) is 7.26. The van der Waals surface area contributed by atoms with Crippen LogP contribution in [0.5, 0.6) is 0 Å². The van der Waals surface area contributed by atoms with Gasteiger partial charge in [0.25, 0.3) is 0 Å². The highest BCUT2D eigenvalue weighted by atomic mass is 35.5. The number of halogens is 1. The summed E-state index contributed by atoms with van der Waals surface area (Å²) in [5, 5.41) is 3.61. The second-order valence-corrected chi connectivity index (χ2v) is 6.62. The number of nitrogens with one attached hydrogen (secondary N) is 1. The van der Waals surface area contributed by atoms with Crippen LogP contribution in [0.15, 0.2) is 24.3 Å². The van der Waals surface area contributed by atoms with Crippen molar-refractivity contribution in [3.8, 4) is 0 Å². The van der Waals surface area contributed by atoms with Gasteiger partial charge in [0.15, 0.2) is 9.84 Å². The monoisotopic (exact) mass is 291 g/mol. The van der Waals surface area contributed by atoms with Crippen molar-refractivity contribution < 1.29 is 13.2 Å². The highest BCUT2D eigenvalue weighted by Gasteiger charge is 2.10. The Morgan fingerprint density at radius 3 is 2.67 bits per heavy atom. The van der Waals surface area contributed by atoms with E-state index in [1.807, 2.05) is 18.2 Å². The van der Waals surface area contributed by atoms with Gasteiger partial charge in [-0.05, 0) is 18.6 Å². The van der Waals surface area contributed by atoms with Gasteiger partial charge >= 0.3 is 0 Å². The van der Waals surface area contributed by atoms with Gasteiger partial charge in [-0.1, -0.05) is 23.7 Å². The number of ether oxygens (including phenoxy) is 1. The lowest BCUT2D eigenvalue weighted by molar-refractivity contribution is 0.199. The number of para-hydroxylation sites is 1. The lowest BCUT2D eigenvalue weighted by atomic mass is 10.3. The van der Waals surface area contributed by atoms with E-state index >= 15 is 0 Å². The number of anilines is 1. The third-order valence-electron chi connectivity index (χ3n) is 2.41. The molecule has 4 nitrogen and oxygen atoms in total. The fourth-order valence-electron chi connectivity index (χ4n) is 1.47. The van der Waals surface area contributed by atoms with Gasteiger partial charge in [0.2, 0.25) is 0 Å². The lowest BCUT2D eigenvalue weighted by Crippen LogP contribution is -2.19. The molecule has 0 bridgehead atoms. The number of methoxy groups -OCH3 is 1. The molecular formula is C12H18ClNO3S. The molecule has 0 amide bonds. The summed E-state index contributed by atoms with van der Waals surface area (Å²) >= 11 is 5.95. The number of hydrogen-bond acceptors (Lipinski definition) is 4. The van der Waals surface area contributed by atoms with Gasteiger partial charge in [-0.3, -0.25) is 0 Å². The Bertz CT molecular complexity index is 462. The zero-order valence-corrected chi connectivity index (χ0v) is 11.9. The molecule has 0 spiro atoms. The molecule has 0 radical (unpaired) electrons. The summed E-state index contributed by atoms with van der Waals surface area (Å²) in [6.45, 7) is 0.830. The van der Waals surface area contributed by atoms with Crippen molar-refractivity contribution >= 4 is 27.1 Å². The molecule has 0 saturated carbocycles. The maximum atomic E-state index is 11.7. The van der Waals surface area contributed by atoms with Crippen LogP contribution in [0.25, 0.3) is 0 Å². The van der Waals surface area contributed by atoms with Gasteiger partial charge in [0, 0.05) is 20.3 Å². The number of rotatable bonds is 8. The lowest BCUT2D eigenvalue weighted by Gasteiger charge is -2.08. The largest absolute Gasteiger partial charge is 0.385 e. The quantitative estimate of drug-likeness (QED) is 0.746. The van der Waals surface area contributed by atoms with Crippen molar-refractivity contribution in [2.24, 2.45) is 0 Å². The van der Waals surface area contributed by atoms with Gasteiger partial charge < -0.3 is 10.1 Å². The topological polar surface area (TPSA) is 55.4 Å². The molecule has 0 fully saturated rings. The first-order valence-electron chi connectivity index (χ1n) is 5.73. The molecule has 0 unspecified atom stereocenters. The third kappa shape index (κ3) is 5.71. The Labute approximate surface area is 113 Å². The van der Waals surface area contributed by atoms with Gasteiger partial charge in [-0.2, -0.15) is 0 Å². The third-order valence-corrected chi connectivity index (χ3v) is 4.47. The average molecular weight is 292 g/mol. The average Bonchev–Trinajstić information content (AvgIpc) is 2.32. The molecule has 1 aromatic rings. The molecule has 1 N–H and O–H groups in total. The molecule has 6 heteroatoms. The van der Waals surface area contributed by atoms with Crippen LogP contribution in [0, 0.1) is 0 Å². The fraction of sp³-hybridized carbons (Fsp3) is 0.500. The second-order valence-electron chi connectivity index (χ2n) is 3.90. The highest BCUT2D eigenvalue weighted by Crippen LogP contribution is 2.19. The molecule has 1 aromatic carbocycles. The summed E-state index contributed by atoms with van der Waals surface area (Å²) in [5.74, 6) is 0.257. The molecular weight excluding hydrogens is 274 g/mol. The van der Waals surface area contributed by atoms with E-state index in [9.17, 15) is 8.42 Å². The molecule has 0 saturated heterocycles. The minimum Gasteiger partial charge on any atom is -0.385 e. The van der Waals surface area contributed by atoms with E-state index in [1.165, 1.54) is 0 Å². The number of benzene rings is 1. The normalized spacial score (nSPS) is 11.4. The Morgan fingerprint density at radius 2 is 2.00 bits per heavy atom. The molecule has 0 aliphatic carbocycles. The summed E-state index contributed by atoms with van der Waals surface area (Å²) in [5.41, 5.74) is 0.756. The Balaban J connectivity index is 2.35. The van der Waals surface area contributed by atoms with Gasteiger partial charge in [-0.15, -0.1) is 0 Å². The molecule has 102 valence electrons. The van der Waals surface area contributed by atoms with Crippen LogP contribution in [-0.2, 0) is 14.6 Å². The fourth-order valence-corrected chi connectivity index (χ4v) is 2.85. The van der Waals surface area contributed by atoms with Crippen LogP contribution in [0.2, 0.25) is 5.02 Å². The second kappa shape index (κ2) is 7.61. The molecule has 18 heavy (non-hydrogen) atoms. The zero-order valence-electron chi connectivity index (χ0n) is 10.4. The number of hydrogen-bond donors (Lipinski definition) is 1. The maximum absolute atomic E-state index is 11.7. The predicted molar refractivity (Wildman–Crippen MR) is 75.1 cm³/mol. The van der Waals surface area contributed by atoms with Crippen LogP contribution in [-0.4, -0.2) is 40.2 Å². The molecule has 0 aromatic heterocycles. The first-order chi connectivity index (χ1) is 8.55. The van der Waals surface area contributed by atoms with Crippen LogP contribution in [0.1, 0.15) is 6.42 Å². The minimum atomic E-state index is -3.02. The van der Waals surface area contributed by atoms with Crippen LogP contribution in [0.3, 0.4) is 0 Å². The van der Waals surface area contributed by atoms with Gasteiger partial charge in [0.1, 0.15) is 0 Å². The van der Waals surface area contributed by atoms with E-state index in [0.29, 0.717) is 24.6 Å². The van der Waals surface area contributed by atoms with E-state index < -0.39 is 9.84 Å². The van der Waals surface area contributed by atoms with Crippen LogP contribution < -0.4 is 5.32 Å². The molecule has 1 rings (SSSR count). The number of sulfone groups is 1. The predicted octanol–water partition coefficient (Wildman–Crippen LogP) is 2.20. The van der Waals surface area contributed by atoms with E-state index in [4.69, 9.17) is 16.3 Å². The first kappa shape index (κ1) is 15.3. The van der Waals surface area contributed by atoms with Crippen molar-refractivity contribution in [2.45, 2.75) is 6.42 Å². The van der Waals surface area contributed by atoms with Crippen molar-refractivity contribution in [2.75, 3.05) is 37.1 Å². The van der Waals surface area contributed by atoms with E-state index in [-0.39, 0.29) is 11.5 Å². The van der Waals surface area contributed by atoms with Crippen molar-refractivity contribution in [3.63, 3.8) is 0 Å². The Kier molecular flexibility index (Phi) is 6.46. The highest BCUT2D eigenvalue weighted by molar-refractivity contribution is 7.91. The summed E-state index contributed by atoms with van der Waals surface area (Å²) in [4.78, 5) is 0. The Morgan fingerprint density at radius 1 is 1.28 bits per heavy atom. The summed E-state index contributed by atoms with van der Waals surface area (Å²) in [7, 11) is -1.46. The standard InChI is InChI=1S/C12H18ClNO3S/c1-17-8-4-9-18(15,16)10-7-14-12-6-3-2-5-11(12)13/h2-3,5-6,14H,4,7-10H2,1H3. The maximum Gasteiger partial charge on any atom is 0.152 e. The molecule has 0 aliphatic heterocycles.